The largest absolute Gasteiger partial charge is 0.309 e. The van der Waals surface area contributed by atoms with E-state index in [0.29, 0.717) is 0 Å². The first-order chi connectivity index (χ1) is 15.6. The predicted octanol–water partition coefficient (Wildman–Crippen LogP) is 8.24. The van der Waals surface area contributed by atoms with Gasteiger partial charge in [-0.15, -0.1) is 0 Å². The molecule has 0 N–H and O–H groups in total. The molecule has 152 valence electrons. The molecule has 6 aromatic rings. The number of nitrogens with zero attached hydrogens (tertiary/aromatic N) is 1. The van der Waals surface area contributed by atoms with E-state index in [4.69, 9.17) is 0 Å². The topological polar surface area (TPSA) is 4.93 Å². The lowest BCUT2D eigenvalue weighted by Crippen LogP contribution is -2.14. The fourth-order valence-electron chi connectivity index (χ4n) is 5.75. The summed E-state index contributed by atoms with van der Waals surface area (Å²) in [5.41, 5.74) is 9.31. The minimum atomic E-state index is -0.00185. The van der Waals surface area contributed by atoms with E-state index < -0.39 is 0 Å². The molecule has 0 saturated carbocycles. The molecule has 1 aromatic heterocycles. The molecule has 1 heteroatoms. The molecular weight excluding hydrogens is 386 g/mol. The minimum Gasteiger partial charge on any atom is -0.309 e. The Labute approximate surface area is 187 Å². The Hall–Kier alpha value is -3.84. The number of hydrogen-bond donors (Lipinski definition) is 0. The van der Waals surface area contributed by atoms with Gasteiger partial charge >= 0.3 is 0 Å². The van der Waals surface area contributed by atoms with Crippen LogP contribution in [0.1, 0.15) is 25.0 Å². The lowest BCUT2D eigenvalue weighted by Gasteiger charge is -2.21. The fourth-order valence-corrected chi connectivity index (χ4v) is 5.75. The van der Waals surface area contributed by atoms with Crippen molar-refractivity contribution in [3.05, 3.63) is 114 Å². The summed E-state index contributed by atoms with van der Waals surface area (Å²) in [5, 5.41) is 5.21. The average molecular weight is 410 g/mol. The molecule has 1 aliphatic rings. The molecule has 0 fully saturated rings. The first-order valence-electron chi connectivity index (χ1n) is 11.3. The zero-order valence-electron chi connectivity index (χ0n) is 18.3. The van der Waals surface area contributed by atoms with Crippen LogP contribution in [-0.4, -0.2) is 4.57 Å². The minimum absolute atomic E-state index is 0.00185. The summed E-state index contributed by atoms with van der Waals surface area (Å²) >= 11 is 0. The maximum atomic E-state index is 2.46. The maximum absolute atomic E-state index is 2.46. The molecule has 0 saturated heterocycles. The smallest absolute Gasteiger partial charge is 0.0547 e. The molecular formula is C31H23N. The molecule has 32 heavy (non-hydrogen) atoms. The van der Waals surface area contributed by atoms with Gasteiger partial charge in [0.05, 0.1) is 11.0 Å². The Balaban J connectivity index is 1.69. The van der Waals surface area contributed by atoms with Crippen LogP contribution in [0.15, 0.2) is 103 Å². The molecule has 1 heterocycles. The summed E-state index contributed by atoms with van der Waals surface area (Å²) in [6.45, 7) is 4.71. The Morgan fingerprint density at radius 2 is 1.16 bits per heavy atom. The van der Waals surface area contributed by atoms with Crippen LogP contribution in [0.4, 0.5) is 0 Å². The van der Waals surface area contributed by atoms with Crippen LogP contribution >= 0.6 is 0 Å². The van der Waals surface area contributed by atoms with Crippen molar-refractivity contribution >= 4 is 32.6 Å². The van der Waals surface area contributed by atoms with Crippen LogP contribution in [0, 0.1) is 0 Å². The second-order valence-electron chi connectivity index (χ2n) is 9.47. The predicted molar refractivity (Wildman–Crippen MR) is 136 cm³/mol. The second kappa shape index (κ2) is 6.11. The van der Waals surface area contributed by atoms with Gasteiger partial charge in [0, 0.05) is 21.9 Å². The average Bonchev–Trinajstić information content (AvgIpc) is 3.25. The van der Waals surface area contributed by atoms with Crippen molar-refractivity contribution in [2.45, 2.75) is 19.3 Å². The van der Waals surface area contributed by atoms with Crippen molar-refractivity contribution in [1.29, 1.82) is 0 Å². The van der Waals surface area contributed by atoms with E-state index in [1.165, 1.54) is 60.5 Å². The number of aromatic nitrogens is 1. The number of fused-ring (bicyclic) bond motifs is 7. The first kappa shape index (κ1) is 17.8. The standard InChI is InChI=1S/C31H23N/c1-31(2)27-15-9-8-14-23(27)24-19-30-26(18-28(24)31)25-16-20-10-6-7-11-21(20)17-29(25)32(30)22-12-4-3-5-13-22/h3-19H,1-2H3. The normalized spacial score (nSPS) is 14.2. The van der Waals surface area contributed by atoms with Crippen LogP contribution < -0.4 is 0 Å². The first-order valence-corrected chi connectivity index (χ1v) is 11.3. The van der Waals surface area contributed by atoms with Gasteiger partial charge in [-0.2, -0.15) is 0 Å². The quantitative estimate of drug-likeness (QED) is 0.258. The van der Waals surface area contributed by atoms with Gasteiger partial charge in [-0.05, 0) is 69.4 Å². The zero-order valence-corrected chi connectivity index (χ0v) is 18.3. The Morgan fingerprint density at radius 1 is 0.531 bits per heavy atom. The van der Waals surface area contributed by atoms with Crippen LogP contribution in [0.5, 0.6) is 0 Å². The third kappa shape index (κ3) is 2.23. The van der Waals surface area contributed by atoms with E-state index in [2.05, 4.69) is 122 Å². The van der Waals surface area contributed by atoms with Gasteiger partial charge in [0.1, 0.15) is 0 Å². The highest BCUT2D eigenvalue weighted by Gasteiger charge is 2.36. The zero-order chi connectivity index (χ0) is 21.4. The summed E-state index contributed by atoms with van der Waals surface area (Å²) in [6.07, 6.45) is 0. The summed E-state index contributed by atoms with van der Waals surface area (Å²) in [4.78, 5) is 0. The highest BCUT2D eigenvalue weighted by molar-refractivity contribution is 6.15. The molecule has 1 aliphatic carbocycles. The Kier molecular flexibility index (Phi) is 3.40. The van der Waals surface area contributed by atoms with E-state index in [-0.39, 0.29) is 5.41 Å². The van der Waals surface area contributed by atoms with Crippen LogP contribution in [0.2, 0.25) is 0 Å². The van der Waals surface area contributed by atoms with E-state index in [1.54, 1.807) is 0 Å². The molecule has 0 bridgehead atoms. The second-order valence-corrected chi connectivity index (χ2v) is 9.47. The van der Waals surface area contributed by atoms with Crippen LogP contribution in [0.25, 0.3) is 49.4 Å². The van der Waals surface area contributed by atoms with Crippen molar-refractivity contribution in [2.24, 2.45) is 0 Å². The fraction of sp³-hybridized carbons (Fsp3) is 0.0968. The van der Waals surface area contributed by atoms with Crippen molar-refractivity contribution in [3.63, 3.8) is 0 Å². The van der Waals surface area contributed by atoms with Gasteiger partial charge in [0.25, 0.3) is 0 Å². The van der Waals surface area contributed by atoms with Gasteiger partial charge in [0.2, 0.25) is 0 Å². The van der Waals surface area contributed by atoms with E-state index in [1.807, 2.05) is 0 Å². The summed E-state index contributed by atoms with van der Waals surface area (Å²) in [7, 11) is 0. The molecule has 0 amide bonds. The van der Waals surface area contributed by atoms with Crippen molar-refractivity contribution in [1.82, 2.24) is 4.57 Å². The SMILES string of the molecule is CC1(C)c2ccccc2-c2cc3c(cc21)c1cc2ccccc2cc1n3-c1ccccc1. The lowest BCUT2D eigenvalue weighted by atomic mass is 9.82. The molecule has 0 radical (unpaired) electrons. The van der Waals surface area contributed by atoms with Gasteiger partial charge in [0.15, 0.2) is 0 Å². The number of para-hydroxylation sites is 1. The highest BCUT2D eigenvalue weighted by Crippen LogP contribution is 2.51. The number of rotatable bonds is 1. The third-order valence-corrected chi connectivity index (χ3v) is 7.35. The van der Waals surface area contributed by atoms with Gasteiger partial charge < -0.3 is 4.57 Å². The summed E-state index contributed by atoms with van der Waals surface area (Å²) in [5.74, 6) is 0. The molecule has 1 nitrogen and oxygen atoms in total. The summed E-state index contributed by atoms with van der Waals surface area (Å²) in [6, 6.07) is 37.9. The van der Waals surface area contributed by atoms with Gasteiger partial charge in [-0.3, -0.25) is 0 Å². The lowest BCUT2D eigenvalue weighted by molar-refractivity contribution is 0.661. The monoisotopic (exact) mass is 409 g/mol. The van der Waals surface area contributed by atoms with Crippen LogP contribution in [0.3, 0.4) is 0 Å². The highest BCUT2D eigenvalue weighted by atomic mass is 15.0. The third-order valence-electron chi connectivity index (χ3n) is 7.35. The van der Waals surface area contributed by atoms with Crippen molar-refractivity contribution in [2.75, 3.05) is 0 Å². The molecule has 0 aliphatic heterocycles. The van der Waals surface area contributed by atoms with Crippen molar-refractivity contribution < 1.29 is 0 Å². The van der Waals surface area contributed by atoms with Gasteiger partial charge in [-0.1, -0.05) is 80.6 Å². The van der Waals surface area contributed by atoms with Crippen molar-refractivity contribution in [3.8, 4) is 16.8 Å². The number of hydrogen-bond acceptors (Lipinski definition) is 0. The van der Waals surface area contributed by atoms with E-state index in [0.717, 1.165) is 0 Å². The number of benzene rings is 5. The molecule has 5 aromatic carbocycles. The Bertz CT molecular complexity index is 1680. The van der Waals surface area contributed by atoms with Crippen LogP contribution in [-0.2, 0) is 5.41 Å². The van der Waals surface area contributed by atoms with E-state index >= 15 is 0 Å². The molecule has 7 rings (SSSR count). The molecule has 0 atom stereocenters. The summed E-state index contributed by atoms with van der Waals surface area (Å²) < 4.78 is 2.44. The molecule has 0 unspecified atom stereocenters. The maximum Gasteiger partial charge on any atom is 0.0547 e. The van der Waals surface area contributed by atoms with Gasteiger partial charge in [-0.25, -0.2) is 0 Å². The Morgan fingerprint density at radius 3 is 1.97 bits per heavy atom. The molecule has 0 spiro atoms. The van der Waals surface area contributed by atoms with E-state index in [9.17, 15) is 0 Å².